The van der Waals surface area contributed by atoms with Gasteiger partial charge in [-0.1, -0.05) is 73.3 Å². The summed E-state index contributed by atoms with van der Waals surface area (Å²) in [5.74, 6) is 2.12. The number of benzene rings is 3. The van der Waals surface area contributed by atoms with E-state index in [-0.39, 0.29) is 18.3 Å². The molecule has 0 aliphatic rings. The zero-order valence-corrected chi connectivity index (χ0v) is 20.6. The Hall–Kier alpha value is -3.78. The number of nitrogens with zero attached hydrogens (tertiary/aromatic N) is 3. The molecule has 0 spiro atoms. The fourth-order valence-electron chi connectivity index (χ4n) is 3.49. The molecule has 0 saturated heterocycles. The van der Waals surface area contributed by atoms with E-state index < -0.39 is 0 Å². The molecule has 0 fully saturated rings. The molecule has 1 heterocycles. The minimum Gasteiger partial charge on any atom is -0.495 e. The molecule has 0 aliphatic heterocycles. The Morgan fingerprint density at radius 2 is 1.69 bits per heavy atom. The number of methoxy groups -OCH3 is 1. The van der Waals surface area contributed by atoms with Crippen LogP contribution in [-0.4, -0.2) is 33.5 Å². The van der Waals surface area contributed by atoms with Crippen molar-refractivity contribution in [1.82, 2.24) is 14.8 Å². The number of nitrogens with one attached hydrogen (secondary N) is 1. The molecule has 4 aromatic rings. The Kier molecular flexibility index (Phi) is 8.40. The Balaban J connectivity index is 1.46. The molecule has 1 aromatic heterocycles. The van der Waals surface area contributed by atoms with E-state index >= 15 is 0 Å². The van der Waals surface area contributed by atoms with Crippen LogP contribution in [-0.2, 0) is 24.4 Å². The number of para-hydroxylation sites is 2. The summed E-state index contributed by atoms with van der Waals surface area (Å²) >= 11 is 1.34. The van der Waals surface area contributed by atoms with E-state index in [9.17, 15) is 4.79 Å². The van der Waals surface area contributed by atoms with Crippen LogP contribution in [0.4, 0.5) is 5.69 Å². The Morgan fingerprint density at radius 3 is 2.43 bits per heavy atom. The minimum atomic E-state index is -0.150. The molecule has 4 rings (SSSR count). The van der Waals surface area contributed by atoms with Crippen molar-refractivity contribution in [3.05, 3.63) is 95.8 Å². The van der Waals surface area contributed by atoms with Gasteiger partial charge in [-0.15, -0.1) is 10.2 Å². The predicted molar refractivity (Wildman–Crippen MR) is 138 cm³/mol. The molecular weight excluding hydrogens is 460 g/mol. The van der Waals surface area contributed by atoms with Crippen LogP contribution in [0.5, 0.6) is 11.5 Å². The Bertz CT molecular complexity index is 1240. The van der Waals surface area contributed by atoms with Gasteiger partial charge in [0, 0.05) is 0 Å². The summed E-state index contributed by atoms with van der Waals surface area (Å²) in [7, 11) is 1.58. The molecule has 0 unspecified atom stereocenters. The lowest BCUT2D eigenvalue weighted by atomic mass is 10.2. The summed E-state index contributed by atoms with van der Waals surface area (Å²) in [6.07, 6.45) is 0.983. The van der Waals surface area contributed by atoms with Crippen LogP contribution in [0.25, 0.3) is 0 Å². The number of aromatic nitrogens is 3. The standard InChI is InChI=1S/C27H28N4O3S/c1-3-20-13-15-22(16-14-20)34-18-25-29-30-27(31(25)17-21-9-5-4-6-10-21)35-19-26(32)28-23-11-7-8-12-24(23)33-2/h4-16H,3,17-19H2,1-2H3,(H,28,32). The third-order valence-corrected chi connectivity index (χ3v) is 6.36. The van der Waals surface area contributed by atoms with E-state index in [0.717, 1.165) is 17.7 Å². The molecule has 1 N–H and O–H groups in total. The predicted octanol–water partition coefficient (Wildman–Crippen LogP) is 5.21. The zero-order valence-electron chi connectivity index (χ0n) is 19.8. The van der Waals surface area contributed by atoms with Gasteiger partial charge in [0.05, 0.1) is 25.1 Å². The molecule has 35 heavy (non-hydrogen) atoms. The first kappa shape index (κ1) is 24.3. The summed E-state index contributed by atoms with van der Waals surface area (Å²) in [5.41, 5.74) is 3.00. The van der Waals surface area contributed by atoms with Crippen LogP contribution in [0.3, 0.4) is 0 Å². The van der Waals surface area contributed by atoms with Gasteiger partial charge in [-0.2, -0.15) is 0 Å². The lowest BCUT2D eigenvalue weighted by Crippen LogP contribution is -2.15. The van der Waals surface area contributed by atoms with Crippen molar-refractivity contribution in [2.75, 3.05) is 18.2 Å². The lowest BCUT2D eigenvalue weighted by molar-refractivity contribution is -0.113. The number of hydrogen-bond acceptors (Lipinski definition) is 6. The number of amides is 1. The van der Waals surface area contributed by atoms with E-state index in [2.05, 4.69) is 46.7 Å². The maximum absolute atomic E-state index is 12.6. The maximum atomic E-state index is 12.6. The van der Waals surface area contributed by atoms with E-state index in [1.807, 2.05) is 53.1 Å². The minimum absolute atomic E-state index is 0.150. The number of hydrogen-bond donors (Lipinski definition) is 1. The topological polar surface area (TPSA) is 78.3 Å². The van der Waals surface area contributed by atoms with E-state index in [4.69, 9.17) is 9.47 Å². The fourth-order valence-corrected chi connectivity index (χ4v) is 4.25. The highest BCUT2D eigenvalue weighted by Crippen LogP contribution is 2.25. The summed E-state index contributed by atoms with van der Waals surface area (Å²) in [5, 5.41) is 12.3. The average molecular weight is 489 g/mol. The first-order chi connectivity index (χ1) is 17.2. The van der Waals surface area contributed by atoms with Gasteiger partial charge < -0.3 is 14.8 Å². The first-order valence-corrected chi connectivity index (χ1v) is 12.4. The van der Waals surface area contributed by atoms with Crippen molar-refractivity contribution in [2.24, 2.45) is 0 Å². The van der Waals surface area contributed by atoms with Gasteiger partial charge in [0.25, 0.3) is 0 Å². The molecule has 0 atom stereocenters. The Morgan fingerprint density at radius 1 is 0.943 bits per heavy atom. The monoisotopic (exact) mass is 488 g/mol. The molecule has 1 amide bonds. The molecule has 0 radical (unpaired) electrons. The van der Waals surface area contributed by atoms with Gasteiger partial charge in [-0.3, -0.25) is 9.36 Å². The number of ether oxygens (including phenoxy) is 2. The number of carbonyl (C=O) groups excluding carboxylic acids is 1. The smallest absolute Gasteiger partial charge is 0.234 e. The third kappa shape index (κ3) is 6.64. The highest BCUT2D eigenvalue weighted by atomic mass is 32.2. The van der Waals surface area contributed by atoms with Crippen molar-refractivity contribution in [2.45, 2.75) is 31.7 Å². The average Bonchev–Trinajstić information content (AvgIpc) is 3.28. The van der Waals surface area contributed by atoms with Crippen LogP contribution in [0.1, 0.15) is 23.9 Å². The second-order valence-corrected chi connectivity index (χ2v) is 8.74. The van der Waals surface area contributed by atoms with Gasteiger partial charge in [-0.05, 0) is 41.8 Å². The quantitative estimate of drug-likeness (QED) is 0.292. The molecule has 8 heteroatoms. The summed E-state index contributed by atoms with van der Waals surface area (Å²) in [6.45, 7) is 2.98. The normalized spacial score (nSPS) is 10.7. The van der Waals surface area contributed by atoms with Crippen LogP contribution in [0, 0.1) is 0 Å². The van der Waals surface area contributed by atoms with Crippen molar-refractivity contribution in [1.29, 1.82) is 0 Å². The van der Waals surface area contributed by atoms with Crippen molar-refractivity contribution >= 4 is 23.4 Å². The first-order valence-electron chi connectivity index (χ1n) is 11.4. The van der Waals surface area contributed by atoms with E-state index in [0.29, 0.717) is 29.0 Å². The molecule has 3 aromatic carbocycles. The summed E-state index contributed by atoms with van der Waals surface area (Å²) in [6, 6.07) is 25.5. The lowest BCUT2D eigenvalue weighted by Gasteiger charge is -2.12. The van der Waals surface area contributed by atoms with Crippen molar-refractivity contribution in [3.63, 3.8) is 0 Å². The van der Waals surface area contributed by atoms with E-state index in [1.54, 1.807) is 13.2 Å². The van der Waals surface area contributed by atoms with Crippen molar-refractivity contribution < 1.29 is 14.3 Å². The SMILES string of the molecule is CCc1ccc(OCc2nnc(SCC(=O)Nc3ccccc3OC)n2Cc2ccccc2)cc1. The number of aryl methyl sites for hydroxylation is 1. The highest BCUT2D eigenvalue weighted by molar-refractivity contribution is 7.99. The van der Waals surface area contributed by atoms with Crippen molar-refractivity contribution in [3.8, 4) is 11.5 Å². The number of thioether (sulfide) groups is 1. The molecular formula is C27H28N4O3S. The van der Waals surface area contributed by atoms with Gasteiger partial charge >= 0.3 is 0 Å². The van der Waals surface area contributed by atoms with Gasteiger partial charge in [-0.25, -0.2) is 0 Å². The van der Waals surface area contributed by atoms with Crippen LogP contribution >= 0.6 is 11.8 Å². The molecule has 0 saturated carbocycles. The van der Waals surface area contributed by atoms with Crippen LogP contribution in [0.15, 0.2) is 84.0 Å². The zero-order chi connectivity index (χ0) is 24.5. The fraction of sp³-hybridized carbons (Fsp3) is 0.222. The van der Waals surface area contributed by atoms with Crippen LogP contribution < -0.4 is 14.8 Å². The largest absolute Gasteiger partial charge is 0.495 e. The molecule has 180 valence electrons. The third-order valence-electron chi connectivity index (χ3n) is 5.39. The number of rotatable bonds is 11. The molecule has 0 bridgehead atoms. The van der Waals surface area contributed by atoms with Crippen LogP contribution in [0.2, 0.25) is 0 Å². The van der Waals surface area contributed by atoms with Gasteiger partial charge in [0.2, 0.25) is 5.91 Å². The highest BCUT2D eigenvalue weighted by Gasteiger charge is 2.16. The summed E-state index contributed by atoms with van der Waals surface area (Å²) < 4.78 is 13.3. The van der Waals surface area contributed by atoms with E-state index in [1.165, 1.54) is 17.3 Å². The second-order valence-electron chi connectivity index (χ2n) is 7.79. The van der Waals surface area contributed by atoms with Gasteiger partial charge in [0.15, 0.2) is 11.0 Å². The Labute approximate surface area is 209 Å². The number of carbonyl (C=O) groups is 1. The second kappa shape index (κ2) is 12.1. The molecule has 7 nitrogen and oxygen atoms in total. The summed E-state index contributed by atoms with van der Waals surface area (Å²) in [4.78, 5) is 12.6. The molecule has 0 aliphatic carbocycles. The van der Waals surface area contributed by atoms with Gasteiger partial charge in [0.1, 0.15) is 18.1 Å². The number of anilines is 1. The maximum Gasteiger partial charge on any atom is 0.234 e.